The average Bonchev–Trinajstić information content (AvgIpc) is 2.28. The zero-order chi connectivity index (χ0) is 13.1. The lowest BCUT2D eigenvalue weighted by molar-refractivity contribution is 0.177. The summed E-state index contributed by atoms with van der Waals surface area (Å²) < 4.78 is 0. The molecule has 0 fully saturated rings. The van der Waals surface area contributed by atoms with Gasteiger partial charge in [-0.25, -0.2) is 0 Å². The van der Waals surface area contributed by atoms with Crippen LogP contribution in [0.25, 0.3) is 0 Å². The van der Waals surface area contributed by atoms with Crippen molar-refractivity contribution >= 4 is 0 Å². The van der Waals surface area contributed by atoms with Crippen LogP contribution in [0.3, 0.4) is 0 Å². The molecular formula is C17H20O. The van der Waals surface area contributed by atoms with Crippen LogP contribution >= 0.6 is 0 Å². The molecule has 1 unspecified atom stereocenters. The molecule has 2 aromatic rings. The van der Waals surface area contributed by atoms with Crippen molar-refractivity contribution in [3.8, 4) is 0 Å². The van der Waals surface area contributed by atoms with Gasteiger partial charge in [0.05, 0.1) is 6.10 Å². The van der Waals surface area contributed by atoms with Crippen LogP contribution < -0.4 is 0 Å². The Labute approximate surface area is 109 Å². The van der Waals surface area contributed by atoms with Crippen molar-refractivity contribution in [3.63, 3.8) is 0 Å². The molecule has 0 radical (unpaired) electrons. The van der Waals surface area contributed by atoms with Crippen molar-refractivity contribution < 1.29 is 5.11 Å². The van der Waals surface area contributed by atoms with Crippen LogP contribution in [0.1, 0.15) is 33.9 Å². The Hall–Kier alpha value is -1.60. The van der Waals surface area contributed by atoms with Crippen molar-refractivity contribution in [1.82, 2.24) is 0 Å². The summed E-state index contributed by atoms with van der Waals surface area (Å²) in [5.74, 6) is 0. The molecule has 1 nitrogen and oxygen atoms in total. The van der Waals surface area contributed by atoms with Crippen LogP contribution in [0.5, 0.6) is 0 Å². The van der Waals surface area contributed by atoms with Crippen LogP contribution in [-0.2, 0) is 6.42 Å². The minimum atomic E-state index is -0.424. The Kier molecular flexibility index (Phi) is 3.83. The number of rotatable bonds is 3. The molecule has 1 N–H and O–H groups in total. The molecule has 0 aromatic heterocycles. The highest BCUT2D eigenvalue weighted by molar-refractivity contribution is 5.33. The molecular weight excluding hydrogens is 220 g/mol. The summed E-state index contributed by atoms with van der Waals surface area (Å²) >= 11 is 0. The highest BCUT2D eigenvalue weighted by atomic mass is 16.3. The molecule has 0 bridgehead atoms. The van der Waals surface area contributed by atoms with Gasteiger partial charge >= 0.3 is 0 Å². The largest absolute Gasteiger partial charge is 0.388 e. The first-order valence-electron chi connectivity index (χ1n) is 6.37. The molecule has 94 valence electrons. The molecule has 0 amide bonds. The molecule has 0 aliphatic carbocycles. The van der Waals surface area contributed by atoms with Crippen molar-refractivity contribution in [2.75, 3.05) is 0 Å². The molecule has 0 aliphatic rings. The molecule has 0 saturated heterocycles. The Morgan fingerprint density at radius 2 is 1.67 bits per heavy atom. The van der Waals surface area contributed by atoms with Crippen LogP contribution in [0.4, 0.5) is 0 Å². The fraction of sp³-hybridized carbons (Fsp3) is 0.294. The second-order valence-electron chi connectivity index (χ2n) is 5.07. The standard InChI is InChI=1S/C17H20O/c1-12-5-4-6-15(10-12)11-17(18)16-8-7-13(2)9-14(16)3/h4-10,17-18H,11H2,1-3H3. The fourth-order valence-corrected chi connectivity index (χ4v) is 2.37. The van der Waals surface area contributed by atoms with E-state index in [4.69, 9.17) is 0 Å². The second-order valence-corrected chi connectivity index (χ2v) is 5.07. The van der Waals surface area contributed by atoms with E-state index in [1.807, 2.05) is 12.1 Å². The highest BCUT2D eigenvalue weighted by Crippen LogP contribution is 2.22. The van der Waals surface area contributed by atoms with Gasteiger partial charge in [0.15, 0.2) is 0 Å². The van der Waals surface area contributed by atoms with Gasteiger partial charge in [-0.05, 0) is 37.5 Å². The Bertz CT molecular complexity index is 543. The van der Waals surface area contributed by atoms with Crippen LogP contribution in [-0.4, -0.2) is 5.11 Å². The molecule has 0 aliphatic heterocycles. The Morgan fingerprint density at radius 1 is 0.944 bits per heavy atom. The van der Waals surface area contributed by atoms with E-state index < -0.39 is 6.10 Å². The van der Waals surface area contributed by atoms with E-state index in [0.29, 0.717) is 6.42 Å². The summed E-state index contributed by atoms with van der Waals surface area (Å²) in [6.07, 6.45) is 0.248. The smallest absolute Gasteiger partial charge is 0.0832 e. The number of benzene rings is 2. The molecule has 0 saturated carbocycles. The summed E-state index contributed by atoms with van der Waals surface area (Å²) in [5.41, 5.74) is 5.85. The van der Waals surface area contributed by atoms with Crippen LogP contribution in [0, 0.1) is 20.8 Å². The minimum absolute atomic E-state index is 0.424. The summed E-state index contributed by atoms with van der Waals surface area (Å²) in [5, 5.41) is 10.3. The molecule has 1 atom stereocenters. The van der Waals surface area contributed by atoms with E-state index >= 15 is 0 Å². The number of hydrogen-bond acceptors (Lipinski definition) is 1. The van der Waals surface area contributed by atoms with E-state index in [9.17, 15) is 5.11 Å². The first-order valence-corrected chi connectivity index (χ1v) is 6.37. The number of aryl methyl sites for hydroxylation is 3. The van der Waals surface area contributed by atoms with Gasteiger partial charge in [-0.3, -0.25) is 0 Å². The van der Waals surface area contributed by atoms with Crippen molar-refractivity contribution in [2.45, 2.75) is 33.3 Å². The fourth-order valence-electron chi connectivity index (χ4n) is 2.37. The maximum absolute atomic E-state index is 10.3. The SMILES string of the molecule is Cc1cccc(CC(O)c2ccc(C)cc2C)c1. The first-order chi connectivity index (χ1) is 8.56. The van der Waals surface area contributed by atoms with Crippen molar-refractivity contribution in [1.29, 1.82) is 0 Å². The summed E-state index contributed by atoms with van der Waals surface area (Å²) in [6.45, 7) is 6.21. The Morgan fingerprint density at radius 3 is 2.33 bits per heavy atom. The lowest BCUT2D eigenvalue weighted by Gasteiger charge is -2.14. The lowest BCUT2D eigenvalue weighted by atomic mass is 9.96. The third-order valence-electron chi connectivity index (χ3n) is 3.30. The van der Waals surface area contributed by atoms with Gasteiger partial charge in [-0.15, -0.1) is 0 Å². The summed E-state index contributed by atoms with van der Waals surface area (Å²) in [4.78, 5) is 0. The summed E-state index contributed by atoms with van der Waals surface area (Å²) in [7, 11) is 0. The Balaban J connectivity index is 2.19. The van der Waals surface area contributed by atoms with Crippen molar-refractivity contribution in [3.05, 3.63) is 70.3 Å². The maximum atomic E-state index is 10.3. The zero-order valence-electron chi connectivity index (χ0n) is 11.3. The minimum Gasteiger partial charge on any atom is -0.388 e. The molecule has 2 aromatic carbocycles. The van der Waals surface area contributed by atoms with Gasteiger partial charge in [0.2, 0.25) is 0 Å². The van der Waals surface area contributed by atoms with Gasteiger partial charge in [0.1, 0.15) is 0 Å². The molecule has 18 heavy (non-hydrogen) atoms. The molecule has 0 heterocycles. The summed E-state index contributed by atoms with van der Waals surface area (Å²) in [6, 6.07) is 14.5. The lowest BCUT2D eigenvalue weighted by Crippen LogP contribution is -2.04. The van der Waals surface area contributed by atoms with Gasteiger partial charge in [0.25, 0.3) is 0 Å². The van der Waals surface area contributed by atoms with Gasteiger partial charge < -0.3 is 5.11 Å². The highest BCUT2D eigenvalue weighted by Gasteiger charge is 2.11. The van der Waals surface area contributed by atoms with Gasteiger partial charge in [-0.2, -0.15) is 0 Å². The topological polar surface area (TPSA) is 20.2 Å². The average molecular weight is 240 g/mol. The van der Waals surface area contributed by atoms with E-state index in [2.05, 4.69) is 51.1 Å². The van der Waals surface area contributed by atoms with Gasteiger partial charge in [0, 0.05) is 6.42 Å². The number of aliphatic hydroxyl groups is 1. The first kappa shape index (κ1) is 12.8. The van der Waals surface area contributed by atoms with Crippen molar-refractivity contribution in [2.24, 2.45) is 0 Å². The number of aliphatic hydroxyl groups excluding tert-OH is 1. The van der Waals surface area contributed by atoms with Crippen LogP contribution in [0.15, 0.2) is 42.5 Å². The quantitative estimate of drug-likeness (QED) is 0.863. The molecule has 1 heteroatoms. The predicted octanol–water partition coefficient (Wildman–Crippen LogP) is 3.89. The third-order valence-corrected chi connectivity index (χ3v) is 3.30. The predicted molar refractivity (Wildman–Crippen MR) is 75.8 cm³/mol. The second kappa shape index (κ2) is 5.36. The number of hydrogen-bond donors (Lipinski definition) is 1. The monoisotopic (exact) mass is 240 g/mol. The van der Waals surface area contributed by atoms with Gasteiger partial charge in [-0.1, -0.05) is 53.6 Å². The molecule has 0 spiro atoms. The maximum Gasteiger partial charge on any atom is 0.0832 e. The van der Waals surface area contributed by atoms with E-state index in [1.165, 1.54) is 16.7 Å². The van der Waals surface area contributed by atoms with E-state index in [-0.39, 0.29) is 0 Å². The van der Waals surface area contributed by atoms with Crippen LogP contribution in [0.2, 0.25) is 0 Å². The molecule has 2 rings (SSSR count). The van der Waals surface area contributed by atoms with E-state index in [0.717, 1.165) is 11.1 Å². The zero-order valence-corrected chi connectivity index (χ0v) is 11.3. The van der Waals surface area contributed by atoms with E-state index in [1.54, 1.807) is 0 Å². The normalized spacial score (nSPS) is 12.4. The third kappa shape index (κ3) is 2.99.